The van der Waals surface area contributed by atoms with E-state index in [0.29, 0.717) is 31.6 Å². The number of aromatic hydroxyl groups is 1. The van der Waals surface area contributed by atoms with E-state index >= 15 is 0 Å². The van der Waals surface area contributed by atoms with Crippen molar-refractivity contribution in [3.05, 3.63) is 23.8 Å². The Morgan fingerprint density at radius 2 is 2.04 bits per heavy atom. The van der Waals surface area contributed by atoms with Gasteiger partial charge in [-0.1, -0.05) is 12.1 Å². The minimum Gasteiger partial charge on any atom is -0.506 e. The minimum absolute atomic E-state index is 0.0277. The van der Waals surface area contributed by atoms with Gasteiger partial charge < -0.3 is 19.6 Å². The summed E-state index contributed by atoms with van der Waals surface area (Å²) in [7, 11) is 1.67. The van der Waals surface area contributed by atoms with Gasteiger partial charge in [-0.2, -0.15) is 0 Å². The molecule has 0 unspecified atom stereocenters. The molecule has 2 rings (SSSR count). The molecule has 0 saturated carbocycles. The third-order valence-corrected chi connectivity index (χ3v) is 4.09. The van der Waals surface area contributed by atoms with Gasteiger partial charge in [-0.25, -0.2) is 4.79 Å². The second kappa shape index (κ2) is 7.76. The molecule has 0 spiro atoms. The fourth-order valence-corrected chi connectivity index (χ4v) is 2.91. The Hall–Kier alpha value is -2.24. The van der Waals surface area contributed by atoms with E-state index in [0.717, 1.165) is 18.4 Å². The largest absolute Gasteiger partial charge is 0.506 e. The van der Waals surface area contributed by atoms with Crippen LogP contribution in [0.1, 0.15) is 45.6 Å². The van der Waals surface area contributed by atoms with Crippen LogP contribution in [0.5, 0.6) is 5.75 Å². The summed E-state index contributed by atoms with van der Waals surface area (Å²) in [5.41, 5.74) is 1.11. The zero-order chi connectivity index (χ0) is 18.6. The number of fused-ring (bicyclic) bond motifs is 1. The van der Waals surface area contributed by atoms with Crippen LogP contribution in [0.2, 0.25) is 0 Å². The zero-order valence-electron chi connectivity index (χ0n) is 15.5. The summed E-state index contributed by atoms with van der Waals surface area (Å²) < 4.78 is 5.29. The number of phenolic OH excluding ortho intramolecular Hbond substituents is 1. The number of hydrogen-bond acceptors (Lipinski definition) is 4. The molecule has 1 aliphatic heterocycles. The van der Waals surface area contributed by atoms with E-state index in [1.54, 1.807) is 24.1 Å². The average Bonchev–Trinajstić information content (AvgIpc) is 2.52. The van der Waals surface area contributed by atoms with Crippen LogP contribution in [-0.4, -0.2) is 47.7 Å². The molecule has 1 aromatic rings. The van der Waals surface area contributed by atoms with Gasteiger partial charge in [-0.3, -0.25) is 4.79 Å². The van der Waals surface area contributed by atoms with Crippen molar-refractivity contribution in [2.75, 3.05) is 25.0 Å². The van der Waals surface area contributed by atoms with E-state index < -0.39 is 5.60 Å². The number of ether oxygens (including phenoxy) is 1. The van der Waals surface area contributed by atoms with Gasteiger partial charge in [0.1, 0.15) is 11.4 Å². The number of hydrogen-bond donors (Lipinski definition) is 1. The van der Waals surface area contributed by atoms with Gasteiger partial charge in [0.25, 0.3) is 0 Å². The zero-order valence-corrected chi connectivity index (χ0v) is 15.5. The number of amides is 2. The average molecular weight is 348 g/mol. The number of carbonyl (C=O) groups excluding carboxylic acids is 2. The first-order chi connectivity index (χ1) is 11.7. The first kappa shape index (κ1) is 19.1. The highest BCUT2D eigenvalue weighted by molar-refractivity contribution is 5.96. The summed E-state index contributed by atoms with van der Waals surface area (Å²) >= 11 is 0. The molecule has 0 aromatic heterocycles. The van der Waals surface area contributed by atoms with Gasteiger partial charge in [0.05, 0.1) is 5.69 Å². The van der Waals surface area contributed by atoms with E-state index in [1.807, 2.05) is 26.8 Å². The molecule has 0 radical (unpaired) electrons. The lowest BCUT2D eigenvalue weighted by Crippen LogP contribution is -2.37. The Morgan fingerprint density at radius 1 is 1.32 bits per heavy atom. The number of aryl methyl sites for hydroxylation is 1. The molecule has 0 aliphatic carbocycles. The predicted molar refractivity (Wildman–Crippen MR) is 96.9 cm³/mol. The van der Waals surface area contributed by atoms with Crippen molar-refractivity contribution in [3.63, 3.8) is 0 Å². The summed E-state index contributed by atoms with van der Waals surface area (Å²) in [6.07, 6.45) is 2.24. The molecule has 0 fully saturated rings. The van der Waals surface area contributed by atoms with Crippen LogP contribution in [0.25, 0.3) is 0 Å². The second-order valence-electron chi connectivity index (χ2n) is 7.44. The van der Waals surface area contributed by atoms with E-state index in [2.05, 4.69) is 0 Å². The van der Waals surface area contributed by atoms with Crippen LogP contribution in [0.4, 0.5) is 10.5 Å². The second-order valence-corrected chi connectivity index (χ2v) is 7.44. The maximum absolute atomic E-state index is 12.6. The molecule has 0 saturated heterocycles. The topological polar surface area (TPSA) is 70.1 Å². The van der Waals surface area contributed by atoms with Crippen molar-refractivity contribution >= 4 is 17.7 Å². The highest BCUT2D eigenvalue weighted by Crippen LogP contribution is 2.35. The molecule has 1 aromatic carbocycles. The van der Waals surface area contributed by atoms with Crippen LogP contribution >= 0.6 is 0 Å². The van der Waals surface area contributed by atoms with Crippen molar-refractivity contribution in [2.24, 2.45) is 0 Å². The number of rotatable bonds is 4. The predicted octanol–water partition coefficient (Wildman–Crippen LogP) is 3.32. The molecular formula is C19H28N2O4. The fraction of sp³-hybridized carbons (Fsp3) is 0.579. The Labute approximate surface area is 149 Å². The number of para-hydroxylation sites is 1. The van der Waals surface area contributed by atoms with Gasteiger partial charge >= 0.3 is 6.09 Å². The minimum atomic E-state index is -0.532. The highest BCUT2D eigenvalue weighted by Gasteiger charge is 2.25. The van der Waals surface area contributed by atoms with Crippen molar-refractivity contribution in [1.82, 2.24) is 4.90 Å². The van der Waals surface area contributed by atoms with Crippen LogP contribution in [-0.2, 0) is 16.0 Å². The van der Waals surface area contributed by atoms with E-state index in [1.165, 1.54) is 4.90 Å². The number of nitrogens with zero attached hydrogens (tertiary/aromatic N) is 2. The van der Waals surface area contributed by atoms with Gasteiger partial charge in [0.15, 0.2) is 0 Å². The first-order valence-electron chi connectivity index (χ1n) is 8.74. The van der Waals surface area contributed by atoms with Crippen molar-refractivity contribution in [2.45, 2.75) is 52.1 Å². The number of benzene rings is 1. The SMILES string of the molecule is CN(CCCC(=O)N1CCCc2cccc(O)c21)C(=O)OC(C)(C)C. The maximum atomic E-state index is 12.6. The summed E-state index contributed by atoms with van der Waals surface area (Å²) in [5, 5.41) is 10.1. The maximum Gasteiger partial charge on any atom is 0.410 e. The Bertz CT molecular complexity index is 637. The first-order valence-corrected chi connectivity index (χ1v) is 8.74. The van der Waals surface area contributed by atoms with E-state index in [4.69, 9.17) is 4.74 Å². The number of carbonyl (C=O) groups is 2. The van der Waals surface area contributed by atoms with Gasteiger partial charge in [0, 0.05) is 26.6 Å². The monoisotopic (exact) mass is 348 g/mol. The highest BCUT2D eigenvalue weighted by atomic mass is 16.6. The molecule has 25 heavy (non-hydrogen) atoms. The fourth-order valence-electron chi connectivity index (χ4n) is 2.91. The van der Waals surface area contributed by atoms with E-state index in [-0.39, 0.29) is 17.7 Å². The van der Waals surface area contributed by atoms with Gasteiger partial charge in [-0.15, -0.1) is 0 Å². The van der Waals surface area contributed by atoms with Crippen LogP contribution in [0.3, 0.4) is 0 Å². The molecule has 1 heterocycles. The molecule has 6 heteroatoms. The summed E-state index contributed by atoms with van der Waals surface area (Å²) in [6, 6.07) is 5.36. The lowest BCUT2D eigenvalue weighted by Gasteiger charge is -2.30. The molecule has 0 atom stereocenters. The Kier molecular flexibility index (Phi) is 5.93. The van der Waals surface area contributed by atoms with Crippen LogP contribution in [0, 0.1) is 0 Å². The van der Waals surface area contributed by atoms with Crippen molar-refractivity contribution < 1.29 is 19.4 Å². The number of phenols is 1. The molecule has 1 aliphatic rings. The summed E-state index contributed by atoms with van der Waals surface area (Å²) in [6.45, 7) is 6.53. The van der Waals surface area contributed by atoms with Crippen molar-refractivity contribution in [3.8, 4) is 5.75 Å². The van der Waals surface area contributed by atoms with E-state index in [9.17, 15) is 14.7 Å². The third-order valence-electron chi connectivity index (χ3n) is 4.09. The molecule has 6 nitrogen and oxygen atoms in total. The summed E-state index contributed by atoms with van der Waals surface area (Å²) in [5.74, 6) is 0.122. The lowest BCUT2D eigenvalue weighted by atomic mass is 10.0. The Balaban J connectivity index is 1.89. The summed E-state index contributed by atoms with van der Waals surface area (Å²) in [4.78, 5) is 27.6. The van der Waals surface area contributed by atoms with Crippen LogP contribution in [0.15, 0.2) is 18.2 Å². The quantitative estimate of drug-likeness (QED) is 0.906. The van der Waals surface area contributed by atoms with Crippen LogP contribution < -0.4 is 4.90 Å². The molecular weight excluding hydrogens is 320 g/mol. The number of anilines is 1. The lowest BCUT2D eigenvalue weighted by molar-refractivity contribution is -0.118. The van der Waals surface area contributed by atoms with Gasteiger partial charge in [-0.05, 0) is 51.7 Å². The molecule has 0 bridgehead atoms. The standard InChI is InChI=1S/C19H28N2O4/c1-19(2,3)25-18(24)20(4)12-7-11-16(23)21-13-6-9-14-8-5-10-15(22)17(14)21/h5,8,10,22H,6-7,9,11-13H2,1-4H3. The normalized spacial score (nSPS) is 14.0. The molecule has 138 valence electrons. The van der Waals surface area contributed by atoms with Crippen molar-refractivity contribution in [1.29, 1.82) is 0 Å². The smallest absolute Gasteiger partial charge is 0.410 e. The van der Waals surface area contributed by atoms with Gasteiger partial charge in [0.2, 0.25) is 5.91 Å². The Morgan fingerprint density at radius 3 is 2.72 bits per heavy atom. The molecule has 1 N–H and O–H groups in total. The molecule has 2 amide bonds. The third kappa shape index (κ3) is 5.11.